The molecule has 1 aliphatic rings. The van der Waals surface area contributed by atoms with Gasteiger partial charge in [-0.25, -0.2) is 15.0 Å². The zero-order valence-corrected chi connectivity index (χ0v) is 14.9. The van der Waals surface area contributed by atoms with Crippen LogP contribution in [0.25, 0.3) is 33.1 Å². The fourth-order valence-corrected chi connectivity index (χ4v) is 3.28. The van der Waals surface area contributed by atoms with Gasteiger partial charge in [0.2, 0.25) is 5.95 Å². The fraction of sp³-hybridized carbons (Fsp3) is 0.182. The molecule has 2 heterocycles. The van der Waals surface area contributed by atoms with E-state index in [0.717, 1.165) is 45.9 Å². The summed E-state index contributed by atoms with van der Waals surface area (Å²) in [6.07, 6.45) is 4.18. The molecule has 132 valence electrons. The van der Waals surface area contributed by atoms with Gasteiger partial charge in [-0.2, -0.15) is 0 Å². The lowest BCUT2D eigenvalue weighted by Crippen LogP contribution is -2.06. The minimum absolute atomic E-state index is 0.0280. The Bertz CT molecular complexity index is 1180. The second kappa shape index (κ2) is 6.13. The van der Waals surface area contributed by atoms with Crippen LogP contribution in [0.5, 0.6) is 0 Å². The third-order valence-electron chi connectivity index (χ3n) is 4.90. The van der Waals surface area contributed by atoms with Crippen molar-refractivity contribution < 1.29 is 4.79 Å². The summed E-state index contributed by atoms with van der Waals surface area (Å²) in [5.41, 5.74) is 4.05. The summed E-state index contributed by atoms with van der Waals surface area (Å²) in [5, 5.41) is 5.26. The number of aromatic nitrogens is 3. The molecule has 5 rings (SSSR count). The van der Waals surface area contributed by atoms with Crippen molar-refractivity contribution in [1.82, 2.24) is 15.0 Å². The van der Waals surface area contributed by atoms with Gasteiger partial charge in [0.1, 0.15) is 5.52 Å². The van der Waals surface area contributed by atoms with Crippen molar-refractivity contribution in [3.05, 3.63) is 60.3 Å². The molecule has 2 aromatic heterocycles. The zero-order chi connectivity index (χ0) is 18.4. The third kappa shape index (κ3) is 2.91. The topological polar surface area (TPSA) is 67.8 Å². The molecule has 0 saturated heterocycles. The van der Waals surface area contributed by atoms with Crippen molar-refractivity contribution in [3.63, 3.8) is 0 Å². The van der Waals surface area contributed by atoms with E-state index in [1.807, 2.05) is 54.7 Å². The minimum atomic E-state index is 0.0280. The van der Waals surface area contributed by atoms with Crippen molar-refractivity contribution in [2.75, 3.05) is 5.32 Å². The minimum Gasteiger partial charge on any atom is -0.351 e. The van der Waals surface area contributed by atoms with E-state index in [9.17, 15) is 4.79 Å². The molecule has 27 heavy (non-hydrogen) atoms. The van der Waals surface area contributed by atoms with Crippen molar-refractivity contribution in [2.45, 2.75) is 25.8 Å². The first-order valence-electron chi connectivity index (χ1n) is 9.12. The molecule has 0 radical (unpaired) electrons. The van der Waals surface area contributed by atoms with Crippen LogP contribution in [-0.2, 0) is 0 Å². The fourth-order valence-electron chi connectivity index (χ4n) is 3.28. The average Bonchev–Trinajstić information content (AvgIpc) is 3.51. The molecule has 0 unspecified atom stereocenters. The summed E-state index contributed by atoms with van der Waals surface area (Å²) in [7, 11) is 0. The lowest BCUT2D eigenvalue weighted by molar-refractivity contribution is 0.101. The first kappa shape index (κ1) is 15.9. The highest BCUT2D eigenvalue weighted by molar-refractivity contribution is 6.10. The maximum absolute atomic E-state index is 11.8. The van der Waals surface area contributed by atoms with Crippen molar-refractivity contribution in [3.8, 4) is 11.3 Å². The zero-order valence-electron chi connectivity index (χ0n) is 14.9. The Morgan fingerprint density at radius 1 is 1.04 bits per heavy atom. The molecular formula is C22H18N4O. The number of benzene rings is 2. The summed E-state index contributed by atoms with van der Waals surface area (Å²) in [4.78, 5) is 26.0. The summed E-state index contributed by atoms with van der Waals surface area (Å²) >= 11 is 0. The number of pyridine rings is 1. The van der Waals surface area contributed by atoms with Gasteiger partial charge in [-0.3, -0.25) is 4.79 Å². The molecule has 2 aromatic carbocycles. The SMILES string of the molecule is CC(=O)c1ccc2c(c1)nc(-c1ccccc1)c1nc(NC3CC3)ncc12. The van der Waals surface area contributed by atoms with Gasteiger partial charge in [0.25, 0.3) is 0 Å². The summed E-state index contributed by atoms with van der Waals surface area (Å²) in [6, 6.07) is 16.1. The van der Waals surface area contributed by atoms with E-state index in [1.165, 1.54) is 0 Å². The molecule has 4 aromatic rings. The van der Waals surface area contributed by atoms with Crippen LogP contribution in [-0.4, -0.2) is 26.8 Å². The average molecular weight is 354 g/mol. The normalized spacial score (nSPS) is 13.8. The van der Waals surface area contributed by atoms with Gasteiger partial charge in [-0.15, -0.1) is 0 Å². The quantitative estimate of drug-likeness (QED) is 0.428. The van der Waals surface area contributed by atoms with Gasteiger partial charge in [-0.05, 0) is 25.8 Å². The Morgan fingerprint density at radius 2 is 1.85 bits per heavy atom. The van der Waals surface area contributed by atoms with Crippen LogP contribution in [0, 0.1) is 0 Å². The maximum atomic E-state index is 11.8. The summed E-state index contributed by atoms with van der Waals surface area (Å²) < 4.78 is 0. The highest BCUT2D eigenvalue weighted by Crippen LogP contribution is 2.32. The highest BCUT2D eigenvalue weighted by Gasteiger charge is 2.22. The van der Waals surface area contributed by atoms with Crippen LogP contribution in [0.3, 0.4) is 0 Å². The van der Waals surface area contributed by atoms with Crippen LogP contribution >= 0.6 is 0 Å². The summed E-state index contributed by atoms with van der Waals surface area (Å²) in [5.74, 6) is 0.670. The second-order valence-corrected chi connectivity index (χ2v) is 6.99. The van der Waals surface area contributed by atoms with E-state index in [4.69, 9.17) is 9.97 Å². The maximum Gasteiger partial charge on any atom is 0.223 e. The number of hydrogen-bond donors (Lipinski definition) is 1. The van der Waals surface area contributed by atoms with Gasteiger partial charge in [-0.1, -0.05) is 42.5 Å². The van der Waals surface area contributed by atoms with Crippen LogP contribution in [0.15, 0.2) is 54.7 Å². The van der Waals surface area contributed by atoms with Gasteiger partial charge in [0.15, 0.2) is 5.78 Å². The van der Waals surface area contributed by atoms with E-state index in [0.29, 0.717) is 17.6 Å². The largest absolute Gasteiger partial charge is 0.351 e. The molecule has 0 spiro atoms. The Balaban J connectivity index is 1.81. The Morgan fingerprint density at radius 3 is 2.59 bits per heavy atom. The molecule has 1 N–H and O–H groups in total. The first-order valence-corrected chi connectivity index (χ1v) is 9.12. The van der Waals surface area contributed by atoms with E-state index >= 15 is 0 Å². The molecule has 1 aliphatic carbocycles. The van der Waals surface area contributed by atoms with Gasteiger partial charge < -0.3 is 5.32 Å². The number of carbonyl (C=O) groups excluding carboxylic acids is 1. The van der Waals surface area contributed by atoms with Gasteiger partial charge >= 0.3 is 0 Å². The Kier molecular flexibility index (Phi) is 3.60. The van der Waals surface area contributed by atoms with E-state index in [2.05, 4.69) is 10.3 Å². The molecule has 0 bridgehead atoms. The predicted octanol–water partition coefficient (Wildman–Crippen LogP) is 4.62. The van der Waals surface area contributed by atoms with Crippen molar-refractivity contribution in [2.24, 2.45) is 0 Å². The van der Waals surface area contributed by atoms with E-state index in [-0.39, 0.29) is 5.78 Å². The van der Waals surface area contributed by atoms with Crippen LogP contribution in [0.4, 0.5) is 5.95 Å². The van der Waals surface area contributed by atoms with E-state index in [1.54, 1.807) is 6.92 Å². The number of hydrogen-bond acceptors (Lipinski definition) is 5. The molecule has 0 atom stereocenters. The number of nitrogens with zero attached hydrogens (tertiary/aromatic N) is 3. The number of rotatable bonds is 4. The molecule has 5 nitrogen and oxygen atoms in total. The number of carbonyl (C=O) groups is 1. The van der Waals surface area contributed by atoms with Crippen LogP contribution in [0.1, 0.15) is 30.1 Å². The molecule has 0 amide bonds. The molecular weight excluding hydrogens is 336 g/mol. The lowest BCUT2D eigenvalue weighted by Gasteiger charge is -2.11. The van der Waals surface area contributed by atoms with E-state index < -0.39 is 0 Å². The molecule has 5 heteroatoms. The number of anilines is 1. The second-order valence-electron chi connectivity index (χ2n) is 6.99. The first-order chi connectivity index (χ1) is 13.2. The van der Waals surface area contributed by atoms with Crippen molar-refractivity contribution >= 4 is 33.5 Å². The lowest BCUT2D eigenvalue weighted by atomic mass is 10.0. The highest BCUT2D eigenvalue weighted by atomic mass is 16.1. The molecule has 1 fully saturated rings. The van der Waals surface area contributed by atoms with Crippen LogP contribution < -0.4 is 5.32 Å². The molecule has 0 aliphatic heterocycles. The van der Waals surface area contributed by atoms with Crippen molar-refractivity contribution in [1.29, 1.82) is 0 Å². The monoisotopic (exact) mass is 354 g/mol. The number of ketones is 1. The third-order valence-corrected chi connectivity index (χ3v) is 4.90. The predicted molar refractivity (Wildman–Crippen MR) is 107 cm³/mol. The number of nitrogens with one attached hydrogen (secondary N) is 1. The van der Waals surface area contributed by atoms with Gasteiger partial charge in [0.05, 0.1) is 11.2 Å². The number of Topliss-reactive ketones (excluding diaryl/α,β-unsaturated/α-hetero) is 1. The standard InChI is InChI=1S/C22H18N4O/c1-13(27)15-7-10-17-18-12-23-22(24-16-8-9-16)26-21(18)20(25-19(17)11-15)14-5-3-2-4-6-14/h2-7,10-12,16H,8-9H2,1H3,(H,23,24,26). The van der Waals surface area contributed by atoms with Crippen LogP contribution in [0.2, 0.25) is 0 Å². The van der Waals surface area contributed by atoms with Gasteiger partial charge in [0, 0.05) is 34.1 Å². The summed E-state index contributed by atoms with van der Waals surface area (Å²) in [6.45, 7) is 1.57. The Labute approximate surface area is 156 Å². The number of fused-ring (bicyclic) bond motifs is 3. The molecule has 1 saturated carbocycles. The smallest absolute Gasteiger partial charge is 0.223 e. The Hall–Kier alpha value is -3.34.